The second-order valence-corrected chi connectivity index (χ2v) is 5.52. The second kappa shape index (κ2) is 7.49. The van der Waals surface area contributed by atoms with E-state index in [1.54, 1.807) is 0 Å². The van der Waals surface area contributed by atoms with E-state index in [2.05, 4.69) is 35.2 Å². The number of nitrogens with zero attached hydrogens (tertiary/aromatic N) is 2. The molecule has 3 nitrogen and oxygen atoms in total. The Morgan fingerprint density at radius 3 is 2.68 bits per heavy atom. The molecular formula is C16H27N3. The highest BCUT2D eigenvalue weighted by Crippen LogP contribution is 2.26. The monoisotopic (exact) mass is 261 g/mol. The lowest BCUT2D eigenvalue weighted by Gasteiger charge is -2.30. The van der Waals surface area contributed by atoms with E-state index < -0.39 is 0 Å². The fraction of sp³-hybridized carbons (Fsp3) is 0.688. The maximum absolute atomic E-state index is 4.62. The number of nitrogens with one attached hydrogen (secondary N) is 1. The Labute approximate surface area is 117 Å². The standard InChI is InChI=1S/C16H27N3/c1-3-17-13-14-9-8-12-18-16(14)19(2)15-10-6-4-5-7-11-15/h8-9,12,15,17H,3-7,10-11,13H2,1-2H3. The highest BCUT2D eigenvalue weighted by Gasteiger charge is 2.19. The third-order valence-electron chi connectivity index (χ3n) is 4.14. The lowest BCUT2D eigenvalue weighted by molar-refractivity contribution is 0.546. The molecule has 19 heavy (non-hydrogen) atoms. The molecule has 0 spiro atoms. The third-order valence-corrected chi connectivity index (χ3v) is 4.14. The van der Waals surface area contributed by atoms with Gasteiger partial charge < -0.3 is 10.2 Å². The minimum absolute atomic E-state index is 0.665. The third kappa shape index (κ3) is 3.93. The van der Waals surface area contributed by atoms with Crippen molar-refractivity contribution >= 4 is 5.82 Å². The van der Waals surface area contributed by atoms with E-state index >= 15 is 0 Å². The highest BCUT2D eigenvalue weighted by atomic mass is 15.2. The largest absolute Gasteiger partial charge is 0.356 e. The van der Waals surface area contributed by atoms with E-state index in [9.17, 15) is 0 Å². The number of hydrogen-bond acceptors (Lipinski definition) is 3. The molecule has 1 aliphatic carbocycles. The summed E-state index contributed by atoms with van der Waals surface area (Å²) in [6.07, 6.45) is 10.1. The van der Waals surface area contributed by atoms with Crippen molar-refractivity contribution in [3.63, 3.8) is 0 Å². The predicted octanol–water partition coefficient (Wildman–Crippen LogP) is 3.35. The maximum Gasteiger partial charge on any atom is 0.132 e. The molecule has 1 fully saturated rings. The lowest BCUT2D eigenvalue weighted by atomic mass is 10.1. The molecule has 2 rings (SSSR count). The molecule has 1 aliphatic rings. The molecule has 0 atom stereocenters. The first-order valence-electron chi connectivity index (χ1n) is 7.70. The number of aromatic nitrogens is 1. The summed E-state index contributed by atoms with van der Waals surface area (Å²) in [7, 11) is 2.22. The molecule has 1 saturated carbocycles. The van der Waals surface area contributed by atoms with Crippen molar-refractivity contribution in [3.05, 3.63) is 23.9 Å². The first-order valence-corrected chi connectivity index (χ1v) is 7.70. The molecular weight excluding hydrogens is 234 g/mol. The van der Waals surface area contributed by atoms with Crippen molar-refractivity contribution in [3.8, 4) is 0 Å². The van der Waals surface area contributed by atoms with Crippen LogP contribution in [0.2, 0.25) is 0 Å². The average Bonchev–Trinajstić information content (AvgIpc) is 2.73. The Morgan fingerprint density at radius 2 is 2.00 bits per heavy atom. The predicted molar refractivity (Wildman–Crippen MR) is 81.5 cm³/mol. The summed E-state index contributed by atoms with van der Waals surface area (Å²) in [5.41, 5.74) is 1.32. The van der Waals surface area contributed by atoms with Gasteiger partial charge in [-0.1, -0.05) is 38.7 Å². The minimum Gasteiger partial charge on any atom is -0.356 e. The van der Waals surface area contributed by atoms with Crippen molar-refractivity contribution in [2.24, 2.45) is 0 Å². The molecule has 0 amide bonds. The maximum atomic E-state index is 4.62. The van der Waals surface area contributed by atoms with Gasteiger partial charge in [0.1, 0.15) is 5.82 Å². The number of rotatable bonds is 5. The van der Waals surface area contributed by atoms with Crippen LogP contribution >= 0.6 is 0 Å². The smallest absolute Gasteiger partial charge is 0.132 e. The van der Waals surface area contributed by atoms with Crippen molar-refractivity contribution in [1.82, 2.24) is 10.3 Å². The molecule has 1 N–H and O–H groups in total. The Hall–Kier alpha value is -1.09. The number of anilines is 1. The van der Waals surface area contributed by atoms with Gasteiger partial charge in [-0.2, -0.15) is 0 Å². The zero-order chi connectivity index (χ0) is 13.5. The van der Waals surface area contributed by atoms with E-state index in [0.29, 0.717) is 6.04 Å². The molecule has 3 heteroatoms. The van der Waals surface area contributed by atoms with Gasteiger partial charge in [-0.05, 0) is 25.5 Å². The zero-order valence-corrected chi connectivity index (χ0v) is 12.4. The molecule has 1 heterocycles. The molecule has 0 bridgehead atoms. The first kappa shape index (κ1) is 14.3. The fourth-order valence-corrected chi connectivity index (χ4v) is 2.96. The molecule has 1 aromatic heterocycles. The van der Waals surface area contributed by atoms with Crippen molar-refractivity contribution in [2.45, 2.75) is 58.0 Å². The molecule has 0 aromatic carbocycles. The van der Waals surface area contributed by atoms with Crippen molar-refractivity contribution in [2.75, 3.05) is 18.5 Å². The second-order valence-electron chi connectivity index (χ2n) is 5.52. The van der Waals surface area contributed by atoms with Gasteiger partial charge >= 0.3 is 0 Å². The highest BCUT2D eigenvalue weighted by molar-refractivity contribution is 5.46. The summed E-state index contributed by atoms with van der Waals surface area (Å²) in [4.78, 5) is 7.04. The van der Waals surface area contributed by atoms with Crippen LogP contribution in [0.3, 0.4) is 0 Å². The van der Waals surface area contributed by atoms with Crippen LogP contribution in [0.5, 0.6) is 0 Å². The van der Waals surface area contributed by atoms with Gasteiger partial charge in [0.15, 0.2) is 0 Å². The van der Waals surface area contributed by atoms with Gasteiger partial charge in [-0.25, -0.2) is 4.98 Å². The topological polar surface area (TPSA) is 28.2 Å². The molecule has 0 radical (unpaired) electrons. The average molecular weight is 261 g/mol. The van der Waals surface area contributed by atoms with Crippen molar-refractivity contribution < 1.29 is 0 Å². The summed E-state index contributed by atoms with van der Waals surface area (Å²) in [6.45, 7) is 4.06. The number of hydrogen-bond donors (Lipinski definition) is 1. The van der Waals surface area contributed by atoms with E-state index in [0.717, 1.165) is 18.9 Å². The van der Waals surface area contributed by atoms with Crippen LogP contribution in [0.25, 0.3) is 0 Å². The van der Waals surface area contributed by atoms with Crippen molar-refractivity contribution in [1.29, 1.82) is 0 Å². The summed E-state index contributed by atoms with van der Waals surface area (Å²) < 4.78 is 0. The van der Waals surface area contributed by atoms with Crippen LogP contribution in [0.1, 0.15) is 51.0 Å². The molecule has 0 aliphatic heterocycles. The Morgan fingerprint density at radius 1 is 1.26 bits per heavy atom. The fourth-order valence-electron chi connectivity index (χ4n) is 2.96. The SMILES string of the molecule is CCNCc1cccnc1N(C)C1CCCCCC1. The Kier molecular flexibility index (Phi) is 5.64. The minimum atomic E-state index is 0.665. The molecule has 1 aromatic rings. The molecule has 106 valence electrons. The number of pyridine rings is 1. The molecule has 0 unspecified atom stereocenters. The van der Waals surface area contributed by atoms with E-state index in [4.69, 9.17) is 0 Å². The zero-order valence-electron chi connectivity index (χ0n) is 12.4. The lowest BCUT2D eigenvalue weighted by Crippen LogP contribution is -2.33. The Balaban J connectivity index is 2.10. The van der Waals surface area contributed by atoms with E-state index in [-0.39, 0.29) is 0 Å². The van der Waals surface area contributed by atoms with Crippen LogP contribution < -0.4 is 10.2 Å². The molecule has 0 saturated heterocycles. The van der Waals surface area contributed by atoms with E-state index in [1.165, 1.54) is 44.1 Å². The van der Waals surface area contributed by atoms with Crippen LogP contribution in [0.15, 0.2) is 18.3 Å². The summed E-state index contributed by atoms with van der Waals surface area (Å²) in [5, 5.41) is 3.41. The van der Waals surface area contributed by atoms with Crippen LogP contribution in [0, 0.1) is 0 Å². The van der Waals surface area contributed by atoms with Gasteiger partial charge in [0.2, 0.25) is 0 Å². The quantitative estimate of drug-likeness (QED) is 0.824. The van der Waals surface area contributed by atoms with Gasteiger partial charge in [-0.15, -0.1) is 0 Å². The Bertz CT molecular complexity index is 370. The van der Waals surface area contributed by atoms with Crippen LogP contribution in [0.4, 0.5) is 5.82 Å². The normalized spacial score (nSPS) is 17.2. The summed E-state index contributed by atoms with van der Waals surface area (Å²) >= 11 is 0. The van der Waals surface area contributed by atoms with E-state index in [1.807, 2.05) is 12.3 Å². The van der Waals surface area contributed by atoms with Crippen LogP contribution in [-0.4, -0.2) is 24.6 Å². The van der Waals surface area contributed by atoms with Crippen LogP contribution in [-0.2, 0) is 6.54 Å². The van der Waals surface area contributed by atoms with Gasteiger partial charge in [0.25, 0.3) is 0 Å². The van der Waals surface area contributed by atoms with Gasteiger partial charge in [0, 0.05) is 31.4 Å². The first-order chi connectivity index (χ1) is 9.33. The summed E-state index contributed by atoms with van der Waals surface area (Å²) in [6, 6.07) is 4.90. The summed E-state index contributed by atoms with van der Waals surface area (Å²) in [5.74, 6) is 1.16. The van der Waals surface area contributed by atoms with Gasteiger partial charge in [0.05, 0.1) is 0 Å². The van der Waals surface area contributed by atoms with Gasteiger partial charge in [-0.3, -0.25) is 0 Å².